The summed E-state index contributed by atoms with van der Waals surface area (Å²) < 4.78 is 13.2. The number of ether oxygens (including phenoxy) is 1. The second kappa shape index (κ2) is 6.95. The van der Waals surface area contributed by atoms with Crippen LogP contribution in [0.15, 0.2) is 23.0 Å². The molecule has 0 bridgehead atoms. The average Bonchev–Trinajstić information content (AvgIpc) is 3.21. The van der Waals surface area contributed by atoms with Crippen LogP contribution in [0.4, 0.5) is 0 Å². The fraction of sp³-hybridized carbons (Fsp3) is 0.562. The van der Waals surface area contributed by atoms with Crippen molar-refractivity contribution >= 4 is 5.91 Å². The van der Waals surface area contributed by atoms with E-state index in [9.17, 15) is 4.79 Å². The van der Waals surface area contributed by atoms with Gasteiger partial charge in [0.05, 0.1) is 18.7 Å². The van der Waals surface area contributed by atoms with E-state index >= 15 is 0 Å². The lowest BCUT2D eigenvalue weighted by Gasteiger charge is -2.30. The summed E-state index contributed by atoms with van der Waals surface area (Å²) in [6.45, 7) is 2.98. The van der Waals surface area contributed by atoms with Crippen LogP contribution in [0.25, 0.3) is 0 Å². The Bertz CT molecular complexity index is 664. The minimum atomic E-state index is -0.301. The predicted molar refractivity (Wildman–Crippen MR) is 82.4 cm³/mol. The molecule has 1 aliphatic rings. The van der Waals surface area contributed by atoms with Crippen molar-refractivity contribution < 1.29 is 13.9 Å². The number of aryl methyl sites for hydroxylation is 2. The summed E-state index contributed by atoms with van der Waals surface area (Å²) in [6.07, 6.45) is 7.36. The molecule has 1 saturated heterocycles. The number of carbonyl (C=O) groups is 1. The highest BCUT2D eigenvalue weighted by Crippen LogP contribution is 2.32. The van der Waals surface area contributed by atoms with Crippen LogP contribution in [-0.4, -0.2) is 27.0 Å². The lowest BCUT2D eigenvalue weighted by atomic mass is 9.92. The molecule has 3 heterocycles. The molecular weight excluding hydrogens is 296 g/mol. The molecule has 3 rings (SSSR count). The van der Waals surface area contributed by atoms with E-state index in [0.717, 1.165) is 25.1 Å². The van der Waals surface area contributed by atoms with Crippen LogP contribution in [0.2, 0.25) is 0 Å². The molecule has 1 aliphatic heterocycles. The molecule has 0 aromatic carbocycles. The van der Waals surface area contributed by atoms with Crippen LogP contribution in [0.3, 0.4) is 0 Å². The maximum absolute atomic E-state index is 12.6. The van der Waals surface area contributed by atoms with Gasteiger partial charge in [0.2, 0.25) is 5.91 Å². The summed E-state index contributed by atoms with van der Waals surface area (Å²) in [7, 11) is 1.91. The van der Waals surface area contributed by atoms with Crippen molar-refractivity contribution in [2.75, 3.05) is 6.61 Å². The molecule has 0 spiro atoms. The van der Waals surface area contributed by atoms with Gasteiger partial charge in [0.1, 0.15) is 17.7 Å². The highest BCUT2D eigenvalue weighted by Gasteiger charge is 2.35. The highest BCUT2D eigenvalue weighted by atomic mass is 16.5. The van der Waals surface area contributed by atoms with Gasteiger partial charge in [0, 0.05) is 32.5 Å². The fourth-order valence-electron chi connectivity index (χ4n) is 2.85. The van der Waals surface area contributed by atoms with E-state index in [1.54, 1.807) is 12.4 Å². The van der Waals surface area contributed by atoms with E-state index in [0.29, 0.717) is 24.8 Å². The number of oxazole rings is 1. The largest absolute Gasteiger partial charge is 0.444 e. The average molecular weight is 318 g/mol. The zero-order valence-corrected chi connectivity index (χ0v) is 13.5. The van der Waals surface area contributed by atoms with E-state index in [1.807, 2.05) is 24.7 Å². The van der Waals surface area contributed by atoms with Gasteiger partial charge in [-0.15, -0.1) is 0 Å². The predicted octanol–water partition coefficient (Wildman–Crippen LogP) is 1.75. The Hall–Kier alpha value is -2.15. The van der Waals surface area contributed by atoms with Crippen LogP contribution in [0, 0.1) is 5.92 Å². The number of imidazole rings is 1. The van der Waals surface area contributed by atoms with Crippen LogP contribution in [-0.2, 0) is 29.5 Å². The second-order valence-corrected chi connectivity index (χ2v) is 5.73. The maximum atomic E-state index is 12.6. The second-order valence-electron chi connectivity index (χ2n) is 5.73. The smallest absolute Gasteiger partial charge is 0.226 e. The summed E-state index contributed by atoms with van der Waals surface area (Å²) in [5.74, 6) is 1.87. The lowest BCUT2D eigenvalue weighted by molar-refractivity contribution is -0.135. The SMILES string of the molecule is CCc1ncc(CNC(=O)[C@@H]2CCCO[C@H]2c2nccn2C)o1. The summed E-state index contributed by atoms with van der Waals surface area (Å²) in [6, 6.07) is 0. The Labute approximate surface area is 135 Å². The molecule has 0 saturated carbocycles. The van der Waals surface area contributed by atoms with Gasteiger partial charge in [0.25, 0.3) is 0 Å². The van der Waals surface area contributed by atoms with Crippen LogP contribution >= 0.6 is 0 Å². The molecule has 2 atom stereocenters. The van der Waals surface area contributed by atoms with E-state index in [4.69, 9.17) is 9.15 Å². The first-order valence-corrected chi connectivity index (χ1v) is 7.99. The minimum absolute atomic E-state index is 0.0350. The lowest BCUT2D eigenvalue weighted by Crippen LogP contribution is -2.38. The van der Waals surface area contributed by atoms with Gasteiger partial charge in [-0.2, -0.15) is 0 Å². The number of hydrogen-bond donors (Lipinski definition) is 1. The third-order valence-corrected chi connectivity index (χ3v) is 4.11. The van der Waals surface area contributed by atoms with E-state index in [2.05, 4.69) is 15.3 Å². The number of hydrogen-bond acceptors (Lipinski definition) is 5. The Morgan fingerprint density at radius 3 is 3.04 bits per heavy atom. The number of carbonyl (C=O) groups excluding carboxylic acids is 1. The summed E-state index contributed by atoms with van der Waals surface area (Å²) >= 11 is 0. The van der Waals surface area contributed by atoms with Gasteiger partial charge in [-0.3, -0.25) is 4.79 Å². The van der Waals surface area contributed by atoms with Gasteiger partial charge < -0.3 is 19.0 Å². The molecule has 7 heteroatoms. The number of nitrogens with zero attached hydrogens (tertiary/aromatic N) is 3. The van der Waals surface area contributed by atoms with Gasteiger partial charge >= 0.3 is 0 Å². The first-order chi connectivity index (χ1) is 11.2. The quantitative estimate of drug-likeness (QED) is 0.908. The van der Waals surface area contributed by atoms with Gasteiger partial charge in [0.15, 0.2) is 5.89 Å². The van der Waals surface area contributed by atoms with Crippen molar-refractivity contribution in [1.29, 1.82) is 0 Å². The first-order valence-electron chi connectivity index (χ1n) is 7.99. The standard InChI is InChI=1S/C16H22N4O3/c1-3-13-18-9-11(23-13)10-19-16(21)12-5-4-8-22-14(12)15-17-6-7-20(15)2/h6-7,9,12,14H,3-5,8,10H2,1-2H3,(H,19,21)/t12-,14-/m1/s1. The van der Waals surface area contributed by atoms with Crippen molar-refractivity contribution in [3.63, 3.8) is 0 Å². The molecule has 2 aromatic heterocycles. The normalized spacial score (nSPS) is 21.3. The molecule has 0 unspecified atom stereocenters. The van der Waals surface area contributed by atoms with Crippen LogP contribution in [0.1, 0.15) is 43.3 Å². The molecule has 0 radical (unpaired) electrons. The van der Waals surface area contributed by atoms with Crippen molar-refractivity contribution in [3.05, 3.63) is 36.1 Å². The Morgan fingerprint density at radius 2 is 2.35 bits per heavy atom. The van der Waals surface area contributed by atoms with Crippen LogP contribution < -0.4 is 5.32 Å². The zero-order valence-electron chi connectivity index (χ0n) is 13.5. The summed E-state index contributed by atoms with van der Waals surface area (Å²) in [5, 5.41) is 2.93. The summed E-state index contributed by atoms with van der Waals surface area (Å²) in [5.41, 5.74) is 0. The van der Waals surface area contributed by atoms with Crippen molar-refractivity contribution in [3.8, 4) is 0 Å². The highest BCUT2D eigenvalue weighted by molar-refractivity contribution is 5.79. The Morgan fingerprint density at radius 1 is 1.48 bits per heavy atom. The molecule has 0 aliphatic carbocycles. The topological polar surface area (TPSA) is 82.2 Å². The number of nitrogens with one attached hydrogen (secondary N) is 1. The molecule has 2 aromatic rings. The molecule has 1 N–H and O–H groups in total. The van der Waals surface area contributed by atoms with E-state index in [-0.39, 0.29) is 17.9 Å². The summed E-state index contributed by atoms with van der Waals surface area (Å²) in [4.78, 5) is 21.0. The van der Waals surface area contributed by atoms with Crippen molar-refractivity contribution in [2.45, 2.75) is 38.8 Å². The molecule has 124 valence electrons. The number of aromatic nitrogens is 3. The van der Waals surface area contributed by atoms with Crippen molar-refractivity contribution in [1.82, 2.24) is 19.9 Å². The van der Waals surface area contributed by atoms with Gasteiger partial charge in [-0.25, -0.2) is 9.97 Å². The molecule has 1 fully saturated rings. The molecule has 23 heavy (non-hydrogen) atoms. The number of rotatable bonds is 5. The first kappa shape index (κ1) is 15.7. The van der Waals surface area contributed by atoms with Gasteiger partial charge in [-0.05, 0) is 12.8 Å². The van der Waals surface area contributed by atoms with Crippen LogP contribution in [0.5, 0.6) is 0 Å². The monoisotopic (exact) mass is 318 g/mol. The minimum Gasteiger partial charge on any atom is -0.444 e. The van der Waals surface area contributed by atoms with E-state index < -0.39 is 0 Å². The van der Waals surface area contributed by atoms with Crippen molar-refractivity contribution in [2.24, 2.45) is 13.0 Å². The zero-order chi connectivity index (χ0) is 16.2. The number of amides is 1. The van der Waals surface area contributed by atoms with Gasteiger partial charge in [-0.1, -0.05) is 6.92 Å². The molecular formula is C16H22N4O3. The maximum Gasteiger partial charge on any atom is 0.226 e. The third-order valence-electron chi connectivity index (χ3n) is 4.11. The Kier molecular flexibility index (Phi) is 4.76. The molecule has 1 amide bonds. The van der Waals surface area contributed by atoms with E-state index in [1.165, 1.54) is 0 Å². The molecule has 7 nitrogen and oxygen atoms in total. The Balaban J connectivity index is 1.65. The fourth-order valence-corrected chi connectivity index (χ4v) is 2.85. The third kappa shape index (κ3) is 3.44.